The number of nitro benzene ring substituents is 1. The number of aromatic nitrogens is 2. The van der Waals surface area contributed by atoms with Gasteiger partial charge in [-0.3, -0.25) is 14.9 Å². The van der Waals surface area contributed by atoms with Gasteiger partial charge in [-0.1, -0.05) is 18.2 Å². The average molecular weight is 449 g/mol. The fraction of sp³-hybridized carbons (Fsp3) is 0.292. The number of halogens is 1. The number of nitro groups is 1. The standard InChI is InChI=1S/C24H24FN5O3/c1-16-21(15-19-5-3-4-6-22(19)25)23(27-17(2)26-16)28-11-13-29(14-12-28)24(31)18-7-9-20(10-8-18)30(32)33/h3-10H,11-15H2,1-2H3. The quantitative estimate of drug-likeness (QED) is 0.436. The van der Waals surface area contributed by atoms with Crippen LogP contribution in [-0.4, -0.2) is 51.9 Å². The molecule has 33 heavy (non-hydrogen) atoms. The normalized spacial score (nSPS) is 13.8. The molecule has 2 heterocycles. The van der Waals surface area contributed by atoms with Gasteiger partial charge in [-0.15, -0.1) is 0 Å². The van der Waals surface area contributed by atoms with Gasteiger partial charge in [-0.25, -0.2) is 14.4 Å². The van der Waals surface area contributed by atoms with Crippen LogP contribution in [0.5, 0.6) is 0 Å². The Kier molecular flexibility index (Phi) is 6.30. The lowest BCUT2D eigenvalue weighted by Crippen LogP contribution is -2.49. The molecule has 2 aromatic carbocycles. The molecule has 8 nitrogen and oxygen atoms in total. The molecule has 4 rings (SSSR count). The first-order chi connectivity index (χ1) is 15.8. The van der Waals surface area contributed by atoms with E-state index < -0.39 is 4.92 Å². The maximum absolute atomic E-state index is 14.3. The third-order valence-corrected chi connectivity index (χ3v) is 5.82. The highest BCUT2D eigenvalue weighted by Gasteiger charge is 2.26. The summed E-state index contributed by atoms with van der Waals surface area (Å²) in [7, 11) is 0. The Morgan fingerprint density at radius 2 is 1.70 bits per heavy atom. The zero-order chi connectivity index (χ0) is 23.5. The average Bonchev–Trinajstić information content (AvgIpc) is 2.81. The Morgan fingerprint density at radius 3 is 2.33 bits per heavy atom. The number of aryl methyl sites for hydroxylation is 2. The number of carbonyl (C=O) groups is 1. The summed E-state index contributed by atoms with van der Waals surface area (Å²) in [5.74, 6) is 0.989. The molecular weight excluding hydrogens is 425 g/mol. The summed E-state index contributed by atoms with van der Waals surface area (Å²) >= 11 is 0. The summed E-state index contributed by atoms with van der Waals surface area (Å²) < 4.78 is 14.3. The second-order valence-corrected chi connectivity index (χ2v) is 8.01. The van der Waals surface area contributed by atoms with E-state index in [0.717, 1.165) is 17.1 Å². The summed E-state index contributed by atoms with van der Waals surface area (Å²) in [6.07, 6.45) is 0.385. The number of non-ortho nitro benzene ring substituents is 1. The van der Waals surface area contributed by atoms with E-state index >= 15 is 0 Å². The van der Waals surface area contributed by atoms with Gasteiger partial charge in [0.05, 0.1) is 4.92 Å². The van der Waals surface area contributed by atoms with Crippen molar-refractivity contribution in [2.45, 2.75) is 20.3 Å². The number of piperazine rings is 1. The minimum absolute atomic E-state index is 0.0479. The van der Waals surface area contributed by atoms with E-state index in [-0.39, 0.29) is 17.4 Å². The van der Waals surface area contributed by atoms with Crippen molar-refractivity contribution in [1.29, 1.82) is 0 Å². The molecule has 1 amide bonds. The van der Waals surface area contributed by atoms with E-state index in [0.29, 0.717) is 49.6 Å². The van der Waals surface area contributed by atoms with Crippen molar-refractivity contribution in [3.63, 3.8) is 0 Å². The minimum Gasteiger partial charge on any atom is -0.353 e. The highest BCUT2D eigenvalue weighted by molar-refractivity contribution is 5.94. The molecule has 0 bridgehead atoms. The van der Waals surface area contributed by atoms with Crippen LogP contribution in [0, 0.1) is 29.8 Å². The maximum Gasteiger partial charge on any atom is 0.269 e. The zero-order valence-corrected chi connectivity index (χ0v) is 18.5. The van der Waals surface area contributed by atoms with Gasteiger partial charge in [0.1, 0.15) is 17.5 Å². The molecule has 1 aliphatic heterocycles. The summed E-state index contributed by atoms with van der Waals surface area (Å²) in [6.45, 7) is 5.84. The van der Waals surface area contributed by atoms with Crippen LogP contribution in [0.25, 0.3) is 0 Å². The van der Waals surface area contributed by atoms with E-state index in [1.807, 2.05) is 19.9 Å². The Labute approximate surface area is 190 Å². The summed E-state index contributed by atoms with van der Waals surface area (Å²) in [6, 6.07) is 12.3. The van der Waals surface area contributed by atoms with E-state index in [4.69, 9.17) is 0 Å². The smallest absolute Gasteiger partial charge is 0.269 e. The number of nitrogens with zero attached hydrogens (tertiary/aromatic N) is 5. The lowest BCUT2D eigenvalue weighted by Gasteiger charge is -2.36. The lowest BCUT2D eigenvalue weighted by atomic mass is 10.0. The zero-order valence-electron chi connectivity index (χ0n) is 18.5. The van der Waals surface area contributed by atoms with Crippen LogP contribution < -0.4 is 4.90 Å². The number of anilines is 1. The molecular formula is C24H24FN5O3. The number of rotatable bonds is 5. The first kappa shape index (κ1) is 22.3. The fourth-order valence-electron chi connectivity index (χ4n) is 4.05. The van der Waals surface area contributed by atoms with Crippen molar-refractivity contribution < 1.29 is 14.1 Å². The SMILES string of the molecule is Cc1nc(C)c(Cc2ccccc2F)c(N2CCN(C(=O)c3ccc([N+](=O)[O-])cc3)CC2)n1. The van der Waals surface area contributed by atoms with Crippen molar-refractivity contribution in [2.24, 2.45) is 0 Å². The summed E-state index contributed by atoms with van der Waals surface area (Å²) in [5, 5.41) is 10.8. The van der Waals surface area contributed by atoms with Crippen LogP contribution in [0.2, 0.25) is 0 Å². The molecule has 1 saturated heterocycles. The molecule has 1 aliphatic rings. The molecule has 0 spiro atoms. The van der Waals surface area contributed by atoms with Crippen LogP contribution in [0.15, 0.2) is 48.5 Å². The highest BCUT2D eigenvalue weighted by Crippen LogP contribution is 2.26. The molecule has 0 N–H and O–H groups in total. The van der Waals surface area contributed by atoms with Crippen molar-refractivity contribution in [3.05, 3.63) is 92.7 Å². The van der Waals surface area contributed by atoms with Crippen molar-refractivity contribution in [1.82, 2.24) is 14.9 Å². The molecule has 1 aromatic heterocycles. The van der Waals surface area contributed by atoms with Gasteiger partial charge in [0, 0.05) is 61.6 Å². The molecule has 0 radical (unpaired) electrons. The third kappa shape index (κ3) is 4.82. The van der Waals surface area contributed by atoms with Crippen LogP contribution in [0.4, 0.5) is 15.9 Å². The van der Waals surface area contributed by atoms with Gasteiger partial charge < -0.3 is 9.80 Å². The highest BCUT2D eigenvalue weighted by atomic mass is 19.1. The van der Waals surface area contributed by atoms with Gasteiger partial charge in [0.25, 0.3) is 11.6 Å². The molecule has 0 saturated carbocycles. The first-order valence-corrected chi connectivity index (χ1v) is 10.7. The Morgan fingerprint density at radius 1 is 1.03 bits per heavy atom. The van der Waals surface area contributed by atoms with Gasteiger partial charge >= 0.3 is 0 Å². The predicted molar refractivity (Wildman–Crippen MR) is 122 cm³/mol. The van der Waals surface area contributed by atoms with E-state index in [9.17, 15) is 19.3 Å². The van der Waals surface area contributed by atoms with Crippen LogP contribution >= 0.6 is 0 Å². The van der Waals surface area contributed by atoms with Gasteiger partial charge in [0.2, 0.25) is 0 Å². The number of amides is 1. The van der Waals surface area contributed by atoms with Gasteiger partial charge in [0.15, 0.2) is 0 Å². The monoisotopic (exact) mass is 449 g/mol. The van der Waals surface area contributed by atoms with Crippen LogP contribution in [0.1, 0.15) is 33.0 Å². The van der Waals surface area contributed by atoms with Gasteiger partial charge in [-0.2, -0.15) is 0 Å². The van der Waals surface area contributed by atoms with Crippen molar-refractivity contribution in [3.8, 4) is 0 Å². The van der Waals surface area contributed by atoms with Crippen LogP contribution in [0.3, 0.4) is 0 Å². The number of carbonyl (C=O) groups excluding carboxylic acids is 1. The molecule has 9 heteroatoms. The maximum atomic E-state index is 14.3. The van der Waals surface area contributed by atoms with E-state index in [2.05, 4.69) is 14.9 Å². The predicted octanol–water partition coefficient (Wildman–Crippen LogP) is 3.69. The molecule has 1 fully saturated rings. The number of hydrogen-bond donors (Lipinski definition) is 0. The van der Waals surface area contributed by atoms with E-state index in [1.165, 1.54) is 30.3 Å². The first-order valence-electron chi connectivity index (χ1n) is 10.7. The Balaban J connectivity index is 1.51. The molecule has 0 atom stereocenters. The minimum atomic E-state index is -0.488. The molecule has 170 valence electrons. The molecule has 0 aliphatic carbocycles. The molecule has 3 aromatic rings. The Hall–Kier alpha value is -3.88. The lowest BCUT2D eigenvalue weighted by molar-refractivity contribution is -0.384. The topological polar surface area (TPSA) is 92.5 Å². The van der Waals surface area contributed by atoms with Crippen molar-refractivity contribution >= 4 is 17.4 Å². The summed E-state index contributed by atoms with van der Waals surface area (Å²) in [4.78, 5) is 36.2. The van der Waals surface area contributed by atoms with Crippen LogP contribution in [-0.2, 0) is 6.42 Å². The molecule has 0 unspecified atom stereocenters. The third-order valence-electron chi connectivity index (χ3n) is 5.82. The second-order valence-electron chi connectivity index (χ2n) is 8.01. The number of benzene rings is 2. The van der Waals surface area contributed by atoms with Crippen molar-refractivity contribution in [2.75, 3.05) is 31.1 Å². The number of hydrogen-bond acceptors (Lipinski definition) is 6. The van der Waals surface area contributed by atoms with Gasteiger partial charge in [-0.05, 0) is 37.6 Å². The van der Waals surface area contributed by atoms with E-state index in [1.54, 1.807) is 17.0 Å². The fourth-order valence-corrected chi connectivity index (χ4v) is 4.05. The largest absolute Gasteiger partial charge is 0.353 e. The Bertz CT molecular complexity index is 1190. The second kappa shape index (κ2) is 9.32. The summed E-state index contributed by atoms with van der Waals surface area (Å²) in [5.41, 5.74) is 2.64.